The molecule has 0 saturated carbocycles. The number of alkyl halides is 3. The number of aryl methyl sites for hydroxylation is 1. The molecule has 3 rings (SSSR count). The first-order chi connectivity index (χ1) is 13.7. The summed E-state index contributed by atoms with van der Waals surface area (Å²) in [6, 6.07) is 10.6. The Bertz CT molecular complexity index is 862. The number of hydrogen-bond donors (Lipinski definition) is 1. The van der Waals surface area contributed by atoms with Crippen LogP contribution in [0, 0.1) is 6.92 Å². The molecule has 0 bridgehead atoms. The third kappa shape index (κ3) is 5.41. The van der Waals surface area contributed by atoms with Crippen LogP contribution in [-0.2, 0) is 11.0 Å². The zero-order valence-corrected chi connectivity index (χ0v) is 16.4. The molecule has 0 radical (unpaired) electrons. The number of amides is 1. The number of piperazine rings is 1. The van der Waals surface area contributed by atoms with Crippen molar-refractivity contribution >= 4 is 17.3 Å². The normalized spacial score (nSPS) is 15.3. The van der Waals surface area contributed by atoms with E-state index >= 15 is 0 Å². The molecular formula is C21H24F3N3O2. The smallest absolute Gasteiger partial charge is 0.419 e. The lowest BCUT2D eigenvalue weighted by Crippen LogP contribution is -2.44. The molecule has 156 valence electrons. The summed E-state index contributed by atoms with van der Waals surface area (Å²) in [6.45, 7) is 5.24. The summed E-state index contributed by atoms with van der Waals surface area (Å²) >= 11 is 0. The fourth-order valence-electron chi connectivity index (χ4n) is 3.21. The summed E-state index contributed by atoms with van der Waals surface area (Å²) in [6.07, 6.45) is -4.54. The van der Waals surface area contributed by atoms with E-state index in [2.05, 4.69) is 22.2 Å². The third-order valence-electron chi connectivity index (χ3n) is 4.90. The predicted molar refractivity (Wildman–Crippen MR) is 106 cm³/mol. The van der Waals surface area contributed by atoms with Crippen molar-refractivity contribution in [2.75, 3.05) is 50.1 Å². The summed E-state index contributed by atoms with van der Waals surface area (Å²) in [5.74, 6) is -0.880. The second kappa shape index (κ2) is 8.73. The van der Waals surface area contributed by atoms with Gasteiger partial charge >= 0.3 is 6.18 Å². The monoisotopic (exact) mass is 407 g/mol. The molecule has 0 spiro atoms. The maximum absolute atomic E-state index is 13.0. The first-order valence-corrected chi connectivity index (χ1v) is 9.37. The summed E-state index contributed by atoms with van der Waals surface area (Å²) in [5.41, 5.74) is 1.68. The fourth-order valence-corrected chi connectivity index (χ4v) is 3.21. The Morgan fingerprint density at radius 2 is 1.79 bits per heavy atom. The number of nitrogens with one attached hydrogen (secondary N) is 1. The van der Waals surface area contributed by atoms with Crippen molar-refractivity contribution in [2.24, 2.45) is 0 Å². The Morgan fingerprint density at radius 3 is 2.45 bits per heavy atom. The number of carbonyl (C=O) groups excluding carboxylic acids is 1. The maximum Gasteiger partial charge on any atom is 0.419 e. The molecule has 1 fully saturated rings. The van der Waals surface area contributed by atoms with Crippen molar-refractivity contribution in [2.45, 2.75) is 13.1 Å². The van der Waals surface area contributed by atoms with Gasteiger partial charge in [-0.2, -0.15) is 13.2 Å². The van der Waals surface area contributed by atoms with Crippen LogP contribution in [0.4, 0.5) is 24.5 Å². The van der Waals surface area contributed by atoms with Crippen LogP contribution >= 0.6 is 0 Å². The van der Waals surface area contributed by atoms with Crippen LogP contribution in [0.15, 0.2) is 42.5 Å². The Labute approximate surface area is 168 Å². The van der Waals surface area contributed by atoms with Crippen molar-refractivity contribution in [3.8, 4) is 5.75 Å². The van der Waals surface area contributed by atoms with Gasteiger partial charge in [0.1, 0.15) is 5.75 Å². The highest BCUT2D eigenvalue weighted by Crippen LogP contribution is 2.35. The number of hydrogen-bond acceptors (Lipinski definition) is 4. The van der Waals surface area contributed by atoms with Gasteiger partial charge in [-0.3, -0.25) is 4.79 Å². The summed E-state index contributed by atoms with van der Waals surface area (Å²) in [5, 5.41) is 2.70. The minimum atomic E-state index is -4.54. The van der Waals surface area contributed by atoms with E-state index in [4.69, 9.17) is 4.74 Å². The van der Waals surface area contributed by atoms with E-state index in [1.165, 1.54) is 18.2 Å². The predicted octanol–water partition coefficient (Wildman–Crippen LogP) is 3.78. The molecule has 8 heteroatoms. The van der Waals surface area contributed by atoms with Crippen LogP contribution in [-0.4, -0.2) is 50.6 Å². The van der Waals surface area contributed by atoms with Gasteiger partial charge < -0.3 is 19.9 Å². The Kier molecular flexibility index (Phi) is 6.32. The van der Waals surface area contributed by atoms with E-state index in [0.717, 1.165) is 43.5 Å². The number of para-hydroxylation sites is 1. The average Bonchev–Trinajstić information content (AvgIpc) is 2.68. The van der Waals surface area contributed by atoms with E-state index in [9.17, 15) is 18.0 Å². The molecule has 1 heterocycles. The Hall–Kier alpha value is -2.74. The van der Waals surface area contributed by atoms with Gasteiger partial charge in [-0.15, -0.1) is 0 Å². The van der Waals surface area contributed by atoms with E-state index < -0.39 is 24.3 Å². The van der Waals surface area contributed by atoms with Crippen LogP contribution < -0.4 is 15.0 Å². The average molecular weight is 407 g/mol. The molecule has 1 aliphatic rings. The molecule has 0 aliphatic carbocycles. The second-order valence-electron chi connectivity index (χ2n) is 7.12. The molecule has 2 aromatic carbocycles. The van der Waals surface area contributed by atoms with Crippen LogP contribution in [0.25, 0.3) is 0 Å². The van der Waals surface area contributed by atoms with Crippen LogP contribution in [0.3, 0.4) is 0 Å². The lowest BCUT2D eigenvalue weighted by Gasteiger charge is -2.34. The van der Waals surface area contributed by atoms with Crippen molar-refractivity contribution in [1.29, 1.82) is 0 Å². The number of likely N-dealkylation sites (N-methyl/N-ethyl adjacent to an activating group) is 1. The maximum atomic E-state index is 13.0. The minimum absolute atomic E-state index is 0.364. The van der Waals surface area contributed by atoms with Crippen LogP contribution in [0.5, 0.6) is 5.75 Å². The van der Waals surface area contributed by atoms with Crippen molar-refractivity contribution in [1.82, 2.24) is 4.90 Å². The highest BCUT2D eigenvalue weighted by molar-refractivity contribution is 5.92. The van der Waals surface area contributed by atoms with Crippen molar-refractivity contribution in [3.05, 3.63) is 53.6 Å². The molecule has 1 N–H and O–H groups in total. The van der Waals surface area contributed by atoms with Gasteiger partial charge in [-0.1, -0.05) is 12.1 Å². The highest BCUT2D eigenvalue weighted by Gasteiger charge is 2.34. The third-order valence-corrected chi connectivity index (χ3v) is 4.90. The van der Waals surface area contributed by atoms with E-state index in [-0.39, 0.29) is 5.75 Å². The molecule has 1 saturated heterocycles. The highest BCUT2D eigenvalue weighted by atomic mass is 19.4. The zero-order valence-electron chi connectivity index (χ0n) is 16.4. The SMILES string of the molecule is Cc1cc(N2CCN(C)CC2)ccc1NC(=O)COc1ccccc1C(F)(F)F. The molecule has 0 unspecified atom stereocenters. The summed E-state index contributed by atoms with van der Waals surface area (Å²) in [4.78, 5) is 16.7. The van der Waals surface area contributed by atoms with Gasteiger partial charge in [-0.05, 0) is 49.9 Å². The van der Waals surface area contributed by atoms with E-state index in [1.54, 1.807) is 0 Å². The largest absolute Gasteiger partial charge is 0.483 e. The van der Waals surface area contributed by atoms with Crippen molar-refractivity contribution < 1.29 is 22.7 Å². The molecule has 29 heavy (non-hydrogen) atoms. The summed E-state index contributed by atoms with van der Waals surface area (Å²) in [7, 11) is 2.09. The topological polar surface area (TPSA) is 44.8 Å². The lowest BCUT2D eigenvalue weighted by atomic mass is 10.1. The number of carbonyl (C=O) groups is 1. The summed E-state index contributed by atoms with van der Waals surface area (Å²) < 4.78 is 44.1. The van der Waals surface area contributed by atoms with Crippen LogP contribution in [0.2, 0.25) is 0 Å². The van der Waals surface area contributed by atoms with Crippen molar-refractivity contribution in [3.63, 3.8) is 0 Å². The van der Waals surface area contributed by atoms with Gasteiger partial charge in [0.15, 0.2) is 6.61 Å². The number of ether oxygens (including phenoxy) is 1. The Balaban J connectivity index is 1.60. The molecule has 1 aliphatic heterocycles. The van der Waals surface area contributed by atoms with Gasteiger partial charge in [0.2, 0.25) is 0 Å². The quantitative estimate of drug-likeness (QED) is 0.819. The van der Waals surface area contributed by atoms with E-state index in [1.807, 2.05) is 25.1 Å². The first kappa shape index (κ1) is 21.0. The number of benzene rings is 2. The number of nitrogens with zero attached hydrogens (tertiary/aromatic N) is 2. The number of rotatable bonds is 5. The number of halogens is 3. The van der Waals surface area contributed by atoms with E-state index in [0.29, 0.717) is 5.69 Å². The molecule has 1 amide bonds. The second-order valence-corrected chi connectivity index (χ2v) is 7.12. The molecule has 0 aromatic heterocycles. The van der Waals surface area contributed by atoms with Gasteiger partial charge in [0.25, 0.3) is 5.91 Å². The zero-order chi connectivity index (χ0) is 21.0. The van der Waals surface area contributed by atoms with Crippen LogP contribution in [0.1, 0.15) is 11.1 Å². The number of anilines is 2. The first-order valence-electron chi connectivity index (χ1n) is 9.37. The Morgan fingerprint density at radius 1 is 1.10 bits per heavy atom. The van der Waals surface area contributed by atoms with Gasteiger partial charge in [-0.25, -0.2) is 0 Å². The van der Waals surface area contributed by atoms with Gasteiger partial charge in [0.05, 0.1) is 5.56 Å². The molecule has 5 nitrogen and oxygen atoms in total. The molecule has 2 aromatic rings. The molecule has 0 atom stereocenters. The van der Waals surface area contributed by atoms with Gasteiger partial charge in [0, 0.05) is 37.6 Å². The standard InChI is InChI=1S/C21H24F3N3O2/c1-15-13-16(27-11-9-26(2)10-12-27)7-8-18(15)25-20(28)14-29-19-6-4-3-5-17(19)21(22,23)24/h3-8,13H,9-12,14H2,1-2H3,(H,25,28). The molecular weight excluding hydrogens is 383 g/mol. The fraction of sp³-hybridized carbons (Fsp3) is 0.381. The lowest BCUT2D eigenvalue weighted by molar-refractivity contribution is -0.139. The minimum Gasteiger partial charge on any atom is -0.483 e.